The second kappa shape index (κ2) is 5.85. The van der Waals surface area contributed by atoms with Crippen molar-refractivity contribution in [2.45, 2.75) is 64.5 Å². The van der Waals surface area contributed by atoms with Crippen LogP contribution in [0.3, 0.4) is 0 Å². The second-order valence-corrected chi connectivity index (χ2v) is 5.81. The second-order valence-electron chi connectivity index (χ2n) is 5.81. The van der Waals surface area contributed by atoms with Crippen molar-refractivity contribution in [1.29, 1.82) is 0 Å². The van der Waals surface area contributed by atoms with Crippen molar-refractivity contribution in [1.82, 2.24) is 10.2 Å². The van der Waals surface area contributed by atoms with E-state index in [0.717, 1.165) is 25.9 Å². The number of amides is 1. The monoisotopic (exact) mass is 238 g/mol. The van der Waals surface area contributed by atoms with E-state index in [1.165, 1.54) is 25.7 Å². The molecule has 0 aromatic heterocycles. The summed E-state index contributed by atoms with van der Waals surface area (Å²) >= 11 is 0. The van der Waals surface area contributed by atoms with Crippen LogP contribution in [0.1, 0.15) is 52.4 Å². The van der Waals surface area contributed by atoms with Gasteiger partial charge in [0.25, 0.3) is 0 Å². The number of carbonyl (C=O) groups is 1. The van der Waals surface area contributed by atoms with Crippen molar-refractivity contribution in [3.63, 3.8) is 0 Å². The summed E-state index contributed by atoms with van der Waals surface area (Å²) in [4.78, 5) is 14.7. The average molecular weight is 238 g/mol. The van der Waals surface area contributed by atoms with Crippen molar-refractivity contribution in [3.8, 4) is 0 Å². The predicted molar refractivity (Wildman–Crippen MR) is 69.8 cm³/mol. The number of nitrogens with one attached hydrogen (secondary N) is 1. The van der Waals surface area contributed by atoms with E-state index in [4.69, 9.17) is 0 Å². The number of rotatable bonds is 1. The Morgan fingerprint density at radius 3 is 2.65 bits per heavy atom. The highest BCUT2D eigenvalue weighted by molar-refractivity contribution is 5.79. The van der Waals surface area contributed by atoms with Crippen LogP contribution in [0, 0.1) is 5.92 Å². The molecule has 0 aromatic carbocycles. The first-order valence-electron chi connectivity index (χ1n) is 7.22. The van der Waals surface area contributed by atoms with Crippen molar-refractivity contribution in [3.05, 3.63) is 0 Å². The minimum atomic E-state index is 0.228. The van der Waals surface area contributed by atoms with E-state index in [2.05, 4.69) is 24.1 Å². The predicted octanol–water partition coefficient (Wildman–Crippen LogP) is 2.17. The minimum absolute atomic E-state index is 0.228. The lowest BCUT2D eigenvalue weighted by atomic mass is 9.93. The van der Waals surface area contributed by atoms with Crippen molar-refractivity contribution < 1.29 is 4.79 Å². The van der Waals surface area contributed by atoms with Crippen LogP contribution in [-0.4, -0.2) is 36.0 Å². The Labute approximate surface area is 105 Å². The molecule has 0 aromatic rings. The molecule has 3 nitrogen and oxygen atoms in total. The van der Waals surface area contributed by atoms with Crippen LogP contribution in [0.4, 0.5) is 0 Å². The lowest BCUT2D eigenvalue weighted by Gasteiger charge is -2.34. The molecule has 1 amide bonds. The van der Waals surface area contributed by atoms with Crippen molar-refractivity contribution in [2.75, 3.05) is 13.1 Å². The highest BCUT2D eigenvalue weighted by Crippen LogP contribution is 2.22. The topological polar surface area (TPSA) is 32.3 Å². The zero-order valence-electron chi connectivity index (χ0n) is 11.2. The first-order chi connectivity index (χ1) is 8.18. The van der Waals surface area contributed by atoms with Gasteiger partial charge in [-0.1, -0.05) is 12.8 Å². The van der Waals surface area contributed by atoms with E-state index < -0.39 is 0 Å². The fourth-order valence-electron chi connectivity index (χ4n) is 3.05. The third-order valence-corrected chi connectivity index (χ3v) is 4.35. The van der Waals surface area contributed by atoms with Crippen LogP contribution >= 0.6 is 0 Å². The van der Waals surface area contributed by atoms with E-state index >= 15 is 0 Å². The third-order valence-electron chi connectivity index (χ3n) is 4.35. The summed E-state index contributed by atoms with van der Waals surface area (Å²) in [5, 5.41) is 3.44. The molecular weight excluding hydrogens is 212 g/mol. The maximum absolute atomic E-state index is 12.5. The van der Waals surface area contributed by atoms with Gasteiger partial charge in [-0.15, -0.1) is 0 Å². The lowest BCUT2D eigenvalue weighted by molar-refractivity contribution is -0.138. The summed E-state index contributed by atoms with van der Waals surface area (Å²) in [6.45, 7) is 6.27. The zero-order chi connectivity index (χ0) is 12.3. The van der Waals surface area contributed by atoms with Gasteiger partial charge in [0.15, 0.2) is 0 Å². The van der Waals surface area contributed by atoms with Gasteiger partial charge < -0.3 is 10.2 Å². The molecule has 2 heterocycles. The summed E-state index contributed by atoms with van der Waals surface area (Å²) in [7, 11) is 0. The highest BCUT2D eigenvalue weighted by atomic mass is 16.2. The van der Waals surface area contributed by atoms with Crippen LogP contribution in [0.25, 0.3) is 0 Å². The van der Waals surface area contributed by atoms with Gasteiger partial charge >= 0.3 is 0 Å². The molecule has 2 saturated heterocycles. The third kappa shape index (κ3) is 3.21. The number of hydrogen-bond acceptors (Lipinski definition) is 2. The standard InChI is InChI=1S/C14H26N2O/c1-11-7-8-13(10-15-11)14(17)16-9-5-3-4-6-12(16)2/h11-13,15H,3-10H2,1-2H3. The first-order valence-corrected chi connectivity index (χ1v) is 7.22. The maximum Gasteiger partial charge on any atom is 0.227 e. The molecule has 2 fully saturated rings. The Morgan fingerprint density at radius 2 is 1.94 bits per heavy atom. The fourth-order valence-corrected chi connectivity index (χ4v) is 3.05. The summed E-state index contributed by atoms with van der Waals surface area (Å²) in [6, 6.07) is 1.03. The van der Waals surface area contributed by atoms with Gasteiger partial charge in [0.05, 0.1) is 5.92 Å². The van der Waals surface area contributed by atoms with Gasteiger partial charge in [0, 0.05) is 25.2 Å². The molecule has 17 heavy (non-hydrogen) atoms. The molecule has 0 radical (unpaired) electrons. The number of nitrogens with zero attached hydrogens (tertiary/aromatic N) is 1. The number of carbonyl (C=O) groups excluding carboxylic acids is 1. The van der Waals surface area contributed by atoms with E-state index in [0.29, 0.717) is 18.0 Å². The van der Waals surface area contributed by atoms with Gasteiger partial charge in [0.1, 0.15) is 0 Å². The van der Waals surface area contributed by atoms with E-state index in [9.17, 15) is 4.79 Å². The van der Waals surface area contributed by atoms with Crippen LogP contribution in [-0.2, 0) is 4.79 Å². The Bertz CT molecular complexity index is 259. The van der Waals surface area contributed by atoms with Crippen LogP contribution in [0.15, 0.2) is 0 Å². The summed E-state index contributed by atoms with van der Waals surface area (Å²) in [5.41, 5.74) is 0. The lowest BCUT2D eigenvalue weighted by Crippen LogP contribution is -2.48. The Kier molecular flexibility index (Phi) is 4.43. The molecule has 0 aliphatic carbocycles. The number of hydrogen-bond donors (Lipinski definition) is 1. The molecule has 3 unspecified atom stereocenters. The SMILES string of the molecule is CC1CCC(C(=O)N2CCCCCC2C)CN1. The van der Waals surface area contributed by atoms with Gasteiger partial charge in [-0.25, -0.2) is 0 Å². The molecule has 2 aliphatic rings. The van der Waals surface area contributed by atoms with Crippen LogP contribution in [0.2, 0.25) is 0 Å². The zero-order valence-corrected chi connectivity index (χ0v) is 11.2. The Hall–Kier alpha value is -0.570. The largest absolute Gasteiger partial charge is 0.340 e. The highest BCUT2D eigenvalue weighted by Gasteiger charge is 2.30. The summed E-state index contributed by atoms with van der Waals surface area (Å²) in [6.07, 6.45) is 7.14. The molecule has 3 heteroatoms. The van der Waals surface area contributed by atoms with E-state index in [1.54, 1.807) is 0 Å². The van der Waals surface area contributed by atoms with Gasteiger partial charge in [0.2, 0.25) is 5.91 Å². The molecule has 98 valence electrons. The summed E-state index contributed by atoms with van der Waals surface area (Å²) < 4.78 is 0. The van der Waals surface area contributed by atoms with Gasteiger partial charge in [-0.05, 0) is 39.5 Å². The number of likely N-dealkylation sites (tertiary alicyclic amines) is 1. The van der Waals surface area contributed by atoms with Crippen LogP contribution < -0.4 is 5.32 Å². The molecule has 1 N–H and O–H groups in total. The fraction of sp³-hybridized carbons (Fsp3) is 0.929. The minimum Gasteiger partial charge on any atom is -0.340 e. The summed E-state index contributed by atoms with van der Waals surface area (Å²) in [5.74, 6) is 0.630. The molecule has 3 atom stereocenters. The van der Waals surface area contributed by atoms with Gasteiger partial charge in [-0.2, -0.15) is 0 Å². The molecule has 0 spiro atoms. The molecule has 2 rings (SSSR count). The van der Waals surface area contributed by atoms with E-state index in [-0.39, 0.29) is 5.92 Å². The average Bonchev–Trinajstić information content (AvgIpc) is 2.54. The maximum atomic E-state index is 12.5. The molecule has 0 saturated carbocycles. The number of piperidine rings is 1. The van der Waals surface area contributed by atoms with Gasteiger partial charge in [-0.3, -0.25) is 4.79 Å². The van der Waals surface area contributed by atoms with Crippen LogP contribution in [0.5, 0.6) is 0 Å². The smallest absolute Gasteiger partial charge is 0.227 e. The van der Waals surface area contributed by atoms with E-state index in [1.807, 2.05) is 0 Å². The Morgan fingerprint density at radius 1 is 1.12 bits per heavy atom. The van der Waals surface area contributed by atoms with Crippen molar-refractivity contribution >= 4 is 5.91 Å². The van der Waals surface area contributed by atoms with Crippen molar-refractivity contribution in [2.24, 2.45) is 5.92 Å². The molecular formula is C14H26N2O. The molecule has 0 bridgehead atoms. The Balaban J connectivity index is 1.93. The first kappa shape index (κ1) is 12.9. The molecule has 2 aliphatic heterocycles. The normalized spacial score (nSPS) is 35.4. The quantitative estimate of drug-likeness (QED) is 0.759.